The highest BCUT2D eigenvalue weighted by molar-refractivity contribution is 8.00. The zero-order valence-electron chi connectivity index (χ0n) is 11.9. The van der Waals surface area contributed by atoms with Crippen LogP contribution in [-0.2, 0) is 4.79 Å². The van der Waals surface area contributed by atoms with E-state index >= 15 is 0 Å². The maximum absolute atomic E-state index is 11.8. The summed E-state index contributed by atoms with van der Waals surface area (Å²) in [7, 11) is 0. The van der Waals surface area contributed by atoms with E-state index in [1.54, 1.807) is 0 Å². The normalized spacial score (nSPS) is 25.6. The van der Waals surface area contributed by atoms with Crippen molar-refractivity contribution in [1.82, 2.24) is 10.6 Å². The van der Waals surface area contributed by atoms with Crippen LogP contribution in [0.3, 0.4) is 0 Å². The lowest BCUT2D eigenvalue weighted by Gasteiger charge is -2.25. The molecule has 3 N–H and O–H groups in total. The van der Waals surface area contributed by atoms with Crippen molar-refractivity contribution in [1.29, 1.82) is 0 Å². The zero-order valence-corrected chi connectivity index (χ0v) is 12.7. The number of carboxylic acid groups (broad SMARTS) is 1. The Morgan fingerprint density at radius 2 is 2.16 bits per heavy atom. The molecule has 110 valence electrons. The zero-order chi connectivity index (χ0) is 14.5. The van der Waals surface area contributed by atoms with Crippen LogP contribution in [0.2, 0.25) is 0 Å². The molecule has 19 heavy (non-hydrogen) atoms. The maximum atomic E-state index is 11.8. The van der Waals surface area contributed by atoms with Crippen LogP contribution >= 0.6 is 11.8 Å². The molecule has 0 saturated carbocycles. The van der Waals surface area contributed by atoms with E-state index in [4.69, 9.17) is 5.11 Å². The van der Waals surface area contributed by atoms with Crippen molar-refractivity contribution in [3.8, 4) is 0 Å². The van der Waals surface area contributed by atoms with Crippen molar-refractivity contribution >= 4 is 23.8 Å². The lowest BCUT2D eigenvalue weighted by molar-refractivity contribution is -0.140. The van der Waals surface area contributed by atoms with E-state index in [-0.39, 0.29) is 16.7 Å². The molecule has 0 aromatic rings. The third-order valence-corrected chi connectivity index (χ3v) is 5.23. The van der Waals surface area contributed by atoms with Gasteiger partial charge >= 0.3 is 12.0 Å². The van der Waals surface area contributed by atoms with Crippen molar-refractivity contribution in [2.45, 2.75) is 50.8 Å². The number of carboxylic acids is 1. The molecule has 0 aromatic heterocycles. The Labute approximate surface area is 118 Å². The van der Waals surface area contributed by atoms with E-state index in [0.29, 0.717) is 13.0 Å². The number of carbonyl (C=O) groups is 2. The third kappa shape index (κ3) is 4.93. The highest BCUT2D eigenvalue weighted by Crippen LogP contribution is 2.36. The summed E-state index contributed by atoms with van der Waals surface area (Å²) in [5.41, 5.74) is 0. The number of amides is 2. The van der Waals surface area contributed by atoms with Crippen LogP contribution in [0.25, 0.3) is 0 Å². The molecule has 0 aromatic carbocycles. The van der Waals surface area contributed by atoms with E-state index in [1.807, 2.05) is 25.6 Å². The molecule has 6 heteroatoms. The summed E-state index contributed by atoms with van der Waals surface area (Å²) >= 11 is 1.86. The fraction of sp³-hybridized carbons (Fsp3) is 0.846. The van der Waals surface area contributed by atoms with Crippen LogP contribution in [0.4, 0.5) is 4.79 Å². The first-order chi connectivity index (χ1) is 8.88. The quantitative estimate of drug-likeness (QED) is 0.699. The first kappa shape index (κ1) is 16.1. The number of nitrogens with one attached hydrogen (secondary N) is 2. The van der Waals surface area contributed by atoms with Gasteiger partial charge in [0, 0.05) is 11.3 Å². The second kappa shape index (κ2) is 7.03. The van der Waals surface area contributed by atoms with Crippen molar-refractivity contribution in [3.63, 3.8) is 0 Å². The Hall–Kier alpha value is -0.910. The van der Waals surface area contributed by atoms with Gasteiger partial charge in [0.15, 0.2) is 0 Å². The van der Waals surface area contributed by atoms with Crippen LogP contribution < -0.4 is 10.6 Å². The molecular formula is C13H24N2O3S. The number of hydrogen-bond donors (Lipinski definition) is 3. The molecule has 0 radical (unpaired) electrons. The summed E-state index contributed by atoms with van der Waals surface area (Å²) in [4.78, 5) is 22.9. The average Bonchev–Trinajstić information content (AvgIpc) is 2.80. The molecule has 3 atom stereocenters. The summed E-state index contributed by atoms with van der Waals surface area (Å²) in [6.45, 7) is 6.45. The first-order valence-electron chi connectivity index (χ1n) is 6.79. The average molecular weight is 288 g/mol. The fourth-order valence-electron chi connectivity index (χ4n) is 2.12. The van der Waals surface area contributed by atoms with Gasteiger partial charge in [0.25, 0.3) is 0 Å². The monoisotopic (exact) mass is 288 g/mol. The molecule has 1 fully saturated rings. The lowest BCUT2D eigenvalue weighted by Crippen LogP contribution is -2.51. The van der Waals surface area contributed by atoms with Crippen LogP contribution in [0, 0.1) is 5.92 Å². The summed E-state index contributed by atoms with van der Waals surface area (Å²) in [6, 6.07) is -1.21. The molecule has 1 saturated heterocycles. The van der Waals surface area contributed by atoms with Gasteiger partial charge in [0.1, 0.15) is 6.04 Å². The third-order valence-electron chi connectivity index (χ3n) is 3.69. The standard InChI is InChI=1S/C13H24N2O3S/c1-4-9(2)10(11(16)17)15-12(18)14-8-13(3)6-5-7-19-13/h9-10H,4-8H2,1-3H3,(H,16,17)(H2,14,15,18)/t9?,10-,13?/m0/s1. The number of urea groups is 1. The van der Waals surface area contributed by atoms with E-state index < -0.39 is 12.0 Å². The molecule has 1 rings (SSSR count). The second-order valence-electron chi connectivity index (χ2n) is 5.43. The van der Waals surface area contributed by atoms with Crippen LogP contribution in [-0.4, -0.2) is 40.2 Å². The summed E-state index contributed by atoms with van der Waals surface area (Å²) in [5.74, 6) is 0.0652. The topological polar surface area (TPSA) is 78.4 Å². The molecule has 0 spiro atoms. The Morgan fingerprint density at radius 3 is 2.63 bits per heavy atom. The maximum Gasteiger partial charge on any atom is 0.326 e. The minimum atomic E-state index is -0.981. The van der Waals surface area contributed by atoms with Gasteiger partial charge in [0.2, 0.25) is 0 Å². The molecule has 1 aliphatic rings. The van der Waals surface area contributed by atoms with Crippen molar-refractivity contribution in [3.05, 3.63) is 0 Å². The van der Waals surface area contributed by atoms with Gasteiger partial charge in [-0.1, -0.05) is 20.3 Å². The SMILES string of the molecule is CCC(C)[C@H](NC(=O)NCC1(C)CCCS1)C(=O)O. The Morgan fingerprint density at radius 1 is 1.47 bits per heavy atom. The smallest absolute Gasteiger partial charge is 0.326 e. The highest BCUT2D eigenvalue weighted by Gasteiger charge is 2.31. The number of hydrogen-bond acceptors (Lipinski definition) is 3. The van der Waals surface area contributed by atoms with Gasteiger partial charge in [-0.15, -0.1) is 0 Å². The van der Waals surface area contributed by atoms with E-state index in [1.165, 1.54) is 6.42 Å². The van der Waals surface area contributed by atoms with Gasteiger partial charge in [-0.05, 0) is 31.4 Å². The minimum Gasteiger partial charge on any atom is -0.480 e. The minimum absolute atomic E-state index is 0.0836. The number of rotatable bonds is 6. The molecular weight excluding hydrogens is 264 g/mol. The Balaban J connectivity index is 2.42. The van der Waals surface area contributed by atoms with Crippen molar-refractivity contribution in [2.24, 2.45) is 5.92 Å². The largest absolute Gasteiger partial charge is 0.480 e. The van der Waals surface area contributed by atoms with Gasteiger partial charge < -0.3 is 15.7 Å². The molecule has 1 aliphatic heterocycles. The van der Waals surface area contributed by atoms with Crippen molar-refractivity contribution in [2.75, 3.05) is 12.3 Å². The Kier molecular flexibility index (Phi) is 5.97. The summed E-state index contributed by atoms with van der Waals surface area (Å²) < 4.78 is 0.0897. The van der Waals surface area contributed by atoms with Crippen LogP contribution in [0.5, 0.6) is 0 Å². The van der Waals surface area contributed by atoms with Gasteiger partial charge in [-0.3, -0.25) is 0 Å². The number of thioether (sulfide) groups is 1. The predicted molar refractivity (Wildman–Crippen MR) is 77.5 cm³/mol. The van der Waals surface area contributed by atoms with E-state index in [2.05, 4.69) is 17.6 Å². The molecule has 2 unspecified atom stereocenters. The lowest BCUT2D eigenvalue weighted by atomic mass is 9.99. The molecule has 1 heterocycles. The Bertz CT molecular complexity index is 330. The molecule has 0 bridgehead atoms. The predicted octanol–water partition coefficient (Wildman–Crippen LogP) is 2.07. The van der Waals surface area contributed by atoms with Crippen LogP contribution in [0.1, 0.15) is 40.0 Å². The van der Waals surface area contributed by atoms with E-state index in [9.17, 15) is 9.59 Å². The molecule has 5 nitrogen and oxygen atoms in total. The number of aliphatic carboxylic acids is 1. The summed E-state index contributed by atoms with van der Waals surface area (Å²) in [6.07, 6.45) is 2.98. The summed E-state index contributed by atoms with van der Waals surface area (Å²) in [5, 5.41) is 14.5. The molecule has 0 aliphatic carbocycles. The molecule has 2 amide bonds. The van der Waals surface area contributed by atoms with Gasteiger partial charge in [-0.2, -0.15) is 11.8 Å². The fourth-order valence-corrected chi connectivity index (χ4v) is 3.36. The highest BCUT2D eigenvalue weighted by atomic mass is 32.2. The second-order valence-corrected chi connectivity index (χ2v) is 7.11. The number of carbonyl (C=O) groups excluding carboxylic acids is 1. The first-order valence-corrected chi connectivity index (χ1v) is 7.77. The van der Waals surface area contributed by atoms with Gasteiger partial charge in [-0.25, -0.2) is 9.59 Å². The van der Waals surface area contributed by atoms with Gasteiger partial charge in [0.05, 0.1) is 0 Å². The van der Waals surface area contributed by atoms with E-state index in [0.717, 1.165) is 12.2 Å². The van der Waals surface area contributed by atoms with Crippen molar-refractivity contribution < 1.29 is 14.7 Å². The van der Waals surface area contributed by atoms with Crippen LogP contribution in [0.15, 0.2) is 0 Å².